The fraction of sp³-hybridized carbons (Fsp3) is 0.167. The smallest absolute Gasteiger partial charge is 0.413 e. The number of ether oxygens (including phenoxy) is 2. The Bertz CT molecular complexity index is 1310. The Labute approximate surface area is 233 Å². The molecule has 198 valence electrons. The molecule has 0 aliphatic heterocycles. The van der Waals surface area contributed by atoms with Gasteiger partial charge in [-0.3, -0.25) is 10.6 Å². The minimum atomic E-state index is -0.653. The topological polar surface area (TPSA) is 142 Å². The summed E-state index contributed by atoms with van der Waals surface area (Å²) >= 11 is 11.6. The molecule has 11 nitrogen and oxygen atoms in total. The summed E-state index contributed by atoms with van der Waals surface area (Å²) in [7, 11) is 0. The maximum absolute atomic E-state index is 11.3. The highest BCUT2D eigenvalue weighted by molar-refractivity contribution is 7.80. The molecule has 2 aromatic heterocycles. The van der Waals surface area contributed by atoms with Crippen LogP contribution in [0.2, 0.25) is 0 Å². The Morgan fingerprint density at radius 2 is 1.45 bits per heavy atom. The summed E-state index contributed by atoms with van der Waals surface area (Å²) in [4.78, 5) is 34.5. The van der Waals surface area contributed by atoms with Gasteiger partial charge in [-0.1, -0.05) is 24.3 Å². The van der Waals surface area contributed by atoms with Crippen molar-refractivity contribution in [3.63, 3.8) is 0 Å². The fourth-order valence-electron chi connectivity index (χ4n) is 2.93. The number of para-hydroxylation sites is 4. The van der Waals surface area contributed by atoms with Crippen molar-refractivity contribution in [2.75, 3.05) is 23.8 Å². The van der Waals surface area contributed by atoms with E-state index in [1.165, 1.54) is 0 Å². The van der Waals surface area contributed by atoms with Crippen LogP contribution in [0, 0.1) is 0 Å². The first-order chi connectivity index (χ1) is 18.4. The molecule has 0 fully saturated rings. The zero-order chi connectivity index (χ0) is 27.3. The Hall–Kier alpha value is -4.14. The molecule has 0 spiro atoms. The Morgan fingerprint density at radius 3 is 1.95 bits per heavy atom. The maximum atomic E-state index is 11.3. The summed E-state index contributed by atoms with van der Waals surface area (Å²) in [6.45, 7) is 3.85. The zero-order valence-corrected chi connectivity index (χ0v) is 22.9. The highest BCUT2D eigenvalue weighted by Crippen LogP contribution is 2.21. The van der Waals surface area contributed by atoms with Gasteiger partial charge in [-0.2, -0.15) is 0 Å². The van der Waals surface area contributed by atoms with Crippen molar-refractivity contribution in [1.82, 2.24) is 25.6 Å². The van der Waals surface area contributed by atoms with Crippen molar-refractivity contribution in [1.29, 1.82) is 0 Å². The molecule has 0 aliphatic rings. The van der Waals surface area contributed by atoms with E-state index in [1.54, 1.807) is 49.4 Å². The molecule has 0 saturated heterocycles. The number of carbonyl (C=O) groups excluding carboxylic acids is 2. The molecule has 38 heavy (non-hydrogen) atoms. The van der Waals surface area contributed by atoms with Crippen molar-refractivity contribution in [2.24, 2.45) is 0 Å². The number of thiazole rings is 1. The summed E-state index contributed by atoms with van der Waals surface area (Å²) in [5.74, 6) is 0.840. The van der Waals surface area contributed by atoms with Gasteiger partial charge in [-0.05, 0) is 62.5 Å². The Kier molecular flexibility index (Phi) is 10.9. The molecule has 14 heteroatoms. The van der Waals surface area contributed by atoms with Gasteiger partial charge in [0.05, 0.1) is 41.1 Å². The molecule has 0 atom stereocenters. The van der Waals surface area contributed by atoms with E-state index < -0.39 is 12.2 Å². The van der Waals surface area contributed by atoms with E-state index in [4.69, 9.17) is 33.9 Å². The van der Waals surface area contributed by atoms with Crippen LogP contribution >= 0.6 is 35.8 Å². The molecule has 0 saturated carbocycles. The number of imidazole rings is 1. The van der Waals surface area contributed by atoms with Gasteiger partial charge in [0.25, 0.3) is 0 Å². The first kappa shape index (κ1) is 28.4. The van der Waals surface area contributed by atoms with Gasteiger partial charge in [-0.25, -0.2) is 19.6 Å². The third kappa shape index (κ3) is 8.76. The standard InChI is InChI=1S/C14H18N4O4S2.C10H7N3S/c1-3-21-13(19)17-11(23)15-9-7-5-6-8-10(9)16-12(24)18-14(20)22-4-2;1-2-4-8-7(3-1)12-10(13-8)9-5-14-6-11-9/h5-8H,3-4H2,1-2H3,(H2,15,17,19,23)(H2,16,18,20,24);1-6H,(H,12,13). The molecule has 4 rings (SSSR count). The third-order valence-corrected chi connectivity index (χ3v) is 5.46. The number of thiocarbonyl (C=S) groups is 2. The second kappa shape index (κ2) is 14.6. The first-order valence-corrected chi connectivity index (χ1v) is 13.1. The number of alkyl carbamates (subject to hydrolysis) is 2. The largest absolute Gasteiger partial charge is 0.450 e. The van der Waals surface area contributed by atoms with Crippen molar-refractivity contribution < 1.29 is 19.1 Å². The number of nitrogens with one attached hydrogen (secondary N) is 5. The average molecular weight is 572 g/mol. The molecular weight excluding hydrogens is 547 g/mol. The molecular formula is C24H25N7O4S3. The van der Waals surface area contributed by atoms with Gasteiger partial charge in [0.2, 0.25) is 0 Å². The number of anilines is 2. The Morgan fingerprint density at radius 1 is 0.895 bits per heavy atom. The number of nitrogens with zero attached hydrogens (tertiary/aromatic N) is 2. The molecule has 0 aliphatic carbocycles. The lowest BCUT2D eigenvalue weighted by atomic mass is 10.2. The number of aromatic nitrogens is 3. The molecule has 0 unspecified atom stereocenters. The second-order valence-electron chi connectivity index (χ2n) is 7.12. The van der Waals surface area contributed by atoms with Crippen LogP contribution in [0.5, 0.6) is 0 Å². The number of rotatable bonds is 5. The van der Waals surface area contributed by atoms with Gasteiger partial charge in [0.1, 0.15) is 5.69 Å². The molecule has 4 aromatic rings. The first-order valence-electron chi connectivity index (χ1n) is 11.3. The number of amides is 2. The minimum absolute atomic E-state index is 0.0620. The van der Waals surface area contributed by atoms with Crippen molar-refractivity contribution in [3.8, 4) is 11.5 Å². The lowest BCUT2D eigenvalue weighted by molar-refractivity contribution is 0.157. The molecule has 2 amide bonds. The van der Waals surface area contributed by atoms with E-state index in [0.29, 0.717) is 11.4 Å². The number of fused-ring (bicyclic) bond motifs is 1. The van der Waals surface area contributed by atoms with Crippen LogP contribution in [0.1, 0.15) is 13.8 Å². The van der Waals surface area contributed by atoms with Gasteiger partial charge < -0.3 is 25.1 Å². The fourth-order valence-corrected chi connectivity index (χ4v) is 3.85. The SMILES string of the molecule is CCOC(=O)NC(=S)Nc1ccccc1NC(=S)NC(=O)OCC.c1ccc2[nH]c(-c3cscn3)nc2c1. The zero-order valence-electron chi connectivity index (χ0n) is 20.4. The van der Waals surface area contributed by atoms with Crippen molar-refractivity contribution in [3.05, 3.63) is 59.4 Å². The van der Waals surface area contributed by atoms with E-state index in [0.717, 1.165) is 22.6 Å². The molecule has 0 radical (unpaired) electrons. The van der Waals surface area contributed by atoms with Crippen LogP contribution in [-0.2, 0) is 9.47 Å². The predicted molar refractivity (Wildman–Crippen MR) is 156 cm³/mol. The maximum Gasteiger partial charge on any atom is 0.413 e. The van der Waals surface area contributed by atoms with Gasteiger partial charge >= 0.3 is 12.2 Å². The van der Waals surface area contributed by atoms with Crippen LogP contribution in [0.25, 0.3) is 22.6 Å². The van der Waals surface area contributed by atoms with E-state index >= 15 is 0 Å². The summed E-state index contributed by atoms with van der Waals surface area (Å²) in [6, 6.07) is 14.9. The minimum Gasteiger partial charge on any atom is -0.450 e. The monoisotopic (exact) mass is 571 g/mol. The van der Waals surface area contributed by atoms with Crippen LogP contribution in [-0.4, -0.2) is 50.6 Å². The molecule has 0 bridgehead atoms. The number of H-pyrrole nitrogens is 1. The highest BCUT2D eigenvalue weighted by atomic mass is 32.1. The van der Waals surface area contributed by atoms with E-state index in [9.17, 15) is 9.59 Å². The summed E-state index contributed by atoms with van der Waals surface area (Å²) in [5.41, 5.74) is 5.85. The molecule has 5 N–H and O–H groups in total. The Balaban J connectivity index is 0.000000238. The van der Waals surface area contributed by atoms with Gasteiger partial charge in [-0.15, -0.1) is 11.3 Å². The number of carbonyl (C=O) groups is 2. The summed E-state index contributed by atoms with van der Waals surface area (Å²) in [5, 5.41) is 12.5. The van der Waals surface area contributed by atoms with Crippen LogP contribution in [0.15, 0.2) is 59.4 Å². The van der Waals surface area contributed by atoms with Gasteiger partial charge in [0, 0.05) is 5.38 Å². The van der Waals surface area contributed by atoms with Crippen molar-refractivity contribution in [2.45, 2.75) is 13.8 Å². The number of aromatic amines is 1. The normalized spacial score (nSPS) is 9.95. The summed E-state index contributed by atoms with van der Waals surface area (Å²) < 4.78 is 9.47. The summed E-state index contributed by atoms with van der Waals surface area (Å²) in [6.07, 6.45) is -1.31. The van der Waals surface area contributed by atoms with E-state index in [2.05, 4.69) is 36.2 Å². The van der Waals surface area contributed by atoms with Crippen LogP contribution in [0.4, 0.5) is 21.0 Å². The van der Waals surface area contributed by atoms with E-state index in [-0.39, 0.29) is 23.4 Å². The number of hydrogen-bond donors (Lipinski definition) is 5. The lowest BCUT2D eigenvalue weighted by Gasteiger charge is -2.15. The highest BCUT2D eigenvalue weighted by Gasteiger charge is 2.10. The van der Waals surface area contributed by atoms with Crippen LogP contribution < -0.4 is 21.3 Å². The third-order valence-electron chi connectivity index (χ3n) is 4.47. The molecule has 2 aromatic carbocycles. The predicted octanol–water partition coefficient (Wildman–Crippen LogP) is 5.26. The van der Waals surface area contributed by atoms with E-state index in [1.807, 2.05) is 35.2 Å². The van der Waals surface area contributed by atoms with Crippen molar-refractivity contribution >= 4 is 80.6 Å². The van der Waals surface area contributed by atoms with Crippen LogP contribution in [0.3, 0.4) is 0 Å². The van der Waals surface area contributed by atoms with Gasteiger partial charge in [0.15, 0.2) is 16.0 Å². The quantitative estimate of drug-likeness (QED) is 0.201. The number of hydrogen-bond acceptors (Lipinski definition) is 9. The average Bonchev–Trinajstić information content (AvgIpc) is 3.56. The number of benzene rings is 2. The lowest BCUT2D eigenvalue weighted by Crippen LogP contribution is -2.36. The second-order valence-corrected chi connectivity index (χ2v) is 8.66. The molecule has 2 heterocycles.